The van der Waals surface area contributed by atoms with Gasteiger partial charge in [-0.3, -0.25) is 0 Å². The second-order valence-corrected chi connectivity index (χ2v) is 26.9. The van der Waals surface area contributed by atoms with E-state index in [2.05, 4.69) is 103 Å². The fraction of sp³-hybridized carbons (Fsp3) is 0.409. The Morgan fingerprint density at radius 1 is 1.00 bits per heavy atom. The molecule has 0 aliphatic heterocycles. The summed E-state index contributed by atoms with van der Waals surface area (Å²) in [5.41, 5.74) is 2.67. The second kappa shape index (κ2) is 10.3. The zero-order valence-electron chi connectivity index (χ0n) is 18.4. The molecule has 0 bridgehead atoms. The summed E-state index contributed by atoms with van der Waals surface area (Å²) in [4.78, 5) is 10.6. The predicted molar refractivity (Wildman–Crippen MR) is 135 cm³/mol. The Hall–Kier alpha value is -0.725. The minimum Gasteiger partial charge on any atom is -0.0149 e. The van der Waals surface area contributed by atoms with Crippen molar-refractivity contribution in [1.82, 2.24) is 3.80 Å². The maximum Gasteiger partial charge on any atom is -0.0149 e. The summed E-state index contributed by atoms with van der Waals surface area (Å²) in [5.74, 6) is 0. The third kappa shape index (κ3) is 7.27. The average Bonchev–Trinajstić information content (AvgIpc) is 2.97. The number of amides is 1. The number of carbonyl (C=O) groups excluding carboxylic acids is 1. The summed E-state index contributed by atoms with van der Waals surface area (Å²) >= 11 is -2.25. The van der Waals surface area contributed by atoms with Gasteiger partial charge in [-0.05, 0) is 11.0 Å². The fourth-order valence-electron chi connectivity index (χ4n) is 3.03. The molecule has 1 aromatic rings. The Labute approximate surface area is 183 Å². The summed E-state index contributed by atoms with van der Waals surface area (Å²) in [6.07, 6.45) is 5.26. The van der Waals surface area contributed by atoms with Crippen LogP contribution in [0.3, 0.4) is 0 Å². The molecule has 2 nitrogen and oxygen atoms in total. The largest absolute Gasteiger partial charge is 0.0149 e. The summed E-state index contributed by atoms with van der Waals surface area (Å²) in [6, 6.07) is 8.42. The molecular formula is C22H41NOSi3Ti. The minimum atomic E-state index is -2.25. The number of fused-ring (bicyclic) bond motifs is 1. The van der Waals surface area contributed by atoms with Crippen LogP contribution in [0, 0.1) is 0 Å². The van der Waals surface area contributed by atoms with Gasteiger partial charge in [0.25, 0.3) is 0 Å². The van der Waals surface area contributed by atoms with E-state index < -0.39 is 33.0 Å². The topological polar surface area (TPSA) is 29.1 Å². The molecule has 2 rings (SSSR count). The number of allylic oxidation sites excluding steroid dienone is 3. The molecule has 1 aromatic carbocycles. The van der Waals surface area contributed by atoms with Crippen LogP contribution < -0.4 is 3.80 Å². The molecule has 1 aliphatic carbocycles. The first-order valence-electron chi connectivity index (χ1n) is 9.59. The van der Waals surface area contributed by atoms with Crippen molar-refractivity contribution in [3.05, 3.63) is 65.0 Å². The van der Waals surface area contributed by atoms with E-state index in [-0.39, 0.29) is 11.0 Å². The van der Waals surface area contributed by atoms with Crippen molar-refractivity contribution in [3.63, 3.8) is 0 Å². The monoisotopic (exact) mass is 467 g/mol. The van der Waals surface area contributed by atoms with Crippen LogP contribution in [0.2, 0.25) is 49.7 Å². The molecule has 1 atom stereocenters. The van der Waals surface area contributed by atoms with Gasteiger partial charge < -0.3 is 0 Å². The van der Waals surface area contributed by atoms with Crippen LogP contribution in [0.4, 0.5) is 0 Å². The molecule has 0 fully saturated rings. The van der Waals surface area contributed by atoms with Crippen molar-refractivity contribution in [1.29, 1.82) is 0 Å². The van der Waals surface area contributed by atoms with Gasteiger partial charge in [-0.1, -0.05) is 62.8 Å². The van der Waals surface area contributed by atoms with E-state index in [1.165, 1.54) is 21.5 Å². The van der Waals surface area contributed by atoms with E-state index in [4.69, 9.17) is 0 Å². The fourth-order valence-corrected chi connectivity index (χ4v) is 10.4. The standard InChI is InChI=1S/C10H22Si2.C9H7.CH3NO.2CH3.H4Si.Ti/c1-9(11(3,4)5)10(2)12(6,7)8;1-2-5-9-7-3-6-8(9)4-1;2-1-3;;;;/h1-2H2,3-8H3;1-7H;1H,(H2,2,3);2*1H3;1H4;/q;;;;;;+1/p-1. The molecule has 0 heterocycles. The number of hydrogen-bond acceptors (Lipinski definition) is 1. The van der Waals surface area contributed by atoms with Gasteiger partial charge in [-0.2, -0.15) is 0 Å². The van der Waals surface area contributed by atoms with E-state index in [1.54, 1.807) is 0 Å². The Bertz CT molecular complexity index is 719. The summed E-state index contributed by atoms with van der Waals surface area (Å²) < 4.78 is 3.51. The molecule has 0 saturated heterocycles. The Balaban J connectivity index is 0.000000518. The molecule has 1 amide bonds. The number of benzene rings is 1. The first-order chi connectivity index (χ1) is 12.2. The van der Waals surface area contributed by atoms with Crippen LogP contribution in [-0.2, 0) is 21.6 Å². The van der Waals surface area contributed by atoms with Crippen LogP contribution in [0.15, 0.2) is 53.9 Å². The average molecular weight is 468 g/mol. The van der Waals surface area contributed by atoms with Gasteiger partial charge in [-0.25, -0.2) is 0 Å². The van der Waals surface area contributed by atoms with Gasteiger partial charge >= 0.3 is 94.1 Å². The van der Waals surface area contributed by atoms with Crippen LogP contribution in [0.25, 0.3) is 6.08 Å². The van der Waals surface area contributed by atoms with Crippen molar-refractivity contribution >= 4 is 39.6 Å². The maximum absolute atomic E-state index is 10.6. The van der Waals surface area contributed by atoms with Crippen LogP contribution in [0.5, 0.6) is 0 Å². The summed E-state index contributed by atoms with van der Waals surface area (Å²) in [6.45, 7) is 22.4. The number of nitrogens with one attached hydrogen (secondary N) is 1. The molecule has 0 spiro atoms. The molecular weight excluding hydrogens is 426 g/mol. The van der Waals surface area contributed by atoms with E-state index in [1.807, 2.05) is 0 Å². The Morgan fingerprint density at radius 3 is 1.89 bits per heavy atom. The molecule has 0 aromatic heterocycles. The molecule has 0 saturated carbocycles. The van der Waals surface area contributed by atoms with Gasteiger partial charge in [0.1, 0.15) is 0 Å². The zero-order valence-corrected chi connectivity index (χ0v) is 22.0. The van der Waals surface area contributed by atoms with Gasteiger partial charge in [0.15, 0.2) is 0 Å². The Kier molecular flexibility index (Phi) is 10.1. The molecule has 1 N–H and O–H groups in total. The predicted octanol–water partition coefficient (Wildman–Crippen LogP) is 5.07. The van der Waals surface area contributed by atoms with Crippen molar-refractivity contribution in [2.75, 3.05) is 0 Å². The molecule has 0 radical (unpaired) electrons. The van der Waals surface area contributed by atoms with Gasteiger partial charge in [0.05, 0.1) is 16.1 Å². The molecule has 156 valence electrons. The first-order valence-corrected chi connectivity index (χ1v) is 21.4. The first kappa shape index (κ1) is 27.3. The van der Waals surface area contributed by atoms with E-state index in [0.717, 1.165) is 6.41 Å². The minimum absolute atomic E-state index is 0. The third-order valence-corrected chi connectivity index (χ3v) is 14.2. The van der Waals surface area contributed by atoms with Crippen LogP contribution in [0.1, 0.15) is 15.3 Å². The van der Waals surface area contributed by atoms with E-state index in [0.29, 0.717) is 4.22 Å². The Morgan fingerprint density at radius 2 is 1.46 bits per heavy atom. The summed E-state index contributed by atoms with van der Waals surface area (Å²) in [5, 5.41) is 7.18. The quantitative estimate of drug-likeness (QED) is 0.353. The maximum atomic E-state index is 10.6. The normalized spacial score (nSPS) is 15.5. The van der Waals surface area contributed by atoms with Crippen molar-refractivity contribution in [3.8, 4) is 0 Å². The van der Waals surface area contributed by atoms with E-state index >= 15 is 0 Å². The molecule has 28 heavy (non-hydrogen) atoms. The molecule has 1 unspecified atom stereocenters. The zero-order chi connectivity index (χ0) is 21.0. The van der Waals surface area contributed by atoms with E-state index in [9.17, 15) is 4.79 Å². The molecule has 6 heteroatoms. The second-order valence-electron chi connectivity index (χ2n) is 9.91. The summed E-state index contributed by atoms with van der Waals surface area (Å²) in [7, 11) is -2.39. The van der Waals surface area contributed by atoms with Crippen molar-refractivity contribution in [2.45, 2.75) is 54.0 Å². The van der Waals surface area contributed by atoms with Crippen molar-refractivity contribution in [2.24, 2.45) is 0 Å². The van der Waals surface area contributed by atoms with Crippen molar-refractivity contribution < 1.29 is 21.6 Å². The van der Waals surface area contributed by atoms with Gasteiger partial charge in [0, 0.05) is 0 Å². The van der Waals surface area contributed by atoms with Crippen LogP contribution in [-0.4, -0.2) is 33.5 Å². The smallest absolute Gasteiger partial charge is 0.0149 e. The number of rotatable bonds is 6. The number of hydrogen-bond donors (Lipinski definition) is 1. The van der Waals surface area contributed by atoms with Gasteiger partial charge in [-0.15, -0.1) is 0 Å². The third-order valence-electron chi connectivity index (χ3n) is 5.18. The molecule has 1 aliphatic rings. The van der Waals surface area contributed by atoms with Gasteiger partial charge in [0.2, 0.25) is 0 Å². The number of carbonyl (C=O) groups is 1. The SMILES string of the molecule is C=C(C(=C)[Si](C)(C)C)[Si](C)(C)C.[CH3][Ti]([CH3])([NH]C=O)[CH]1C=Cc2ccccc21.[SiH4]. The van der Waals surface area contributed by atoms with Crippen LogP contribution >= 0.6 is 0 Å².